The zero-order chi connectivity index (χ0) is 13.5. The van der Waals surface area contributed by atoms with Gasteiger partial charge in [-0.2, -0.15) is 0 Å². The van der Waals surface area contributed by atoms with Crippen LogP contribution in [0.3, 0.4) is 0 Å². The first-order valence-electron chi connectivity index (χ1n) is 6.48. The summed E-state index contributed by atoms with van der Waals surface area (Å²) >= 11 is 0. The van der Waals surface area contributed by atoms with Gasteiger partial charge in [0.2, 0.25) is 0 Å². The van der Waals surface area contributed by atoms with Gasteiger partial charge < -0.3 is 0 Å². The van der Waals surface area contributed by atoms with Crippen LogP contribution in [0.1, 0.15) is 18.9 Å². The molecule has 96 valence electrons. The van der Waals surface area contributed by atoms with Crippen molar-refractivity contribution in [2.24, 2.45) is 10.9 Å². The van der Waals surface area contributed by atoms with Crippen LogP contribution in [-0.2, 0) is 0 Å². The molecule has 1 aliphatic carbocycles. The van der Waals surface area contributed by atoms with Crippen LogP contribution in [0, 0.1) is 11.3 Å². The van der Waals surface area contributed by atoms with Crippen molar-refractivity contribution in [1.29, 1.82) is 5.41 Å². The topological polar surface area (TPSA) is 36.2 Å². The van der Waals surface area contributed by atoms with Gasteiger partial charge in [0.15, 0.2) is 0 Å². The Morgan fingerprint density at radius 1 is 1.32 bits per heavy atom. The van der Waals surface area contributed by atoms with Crippen LogP contribution >= 0.6 is 0 Å². The second kappa shape index (κ2) is 6.64. The van der Waals surface area contributed by atoms with E-state index in [1.807, 2.05) is 36.4 Å². The summed E-state index contributed by atoms with van der Waals surface area (Å²) in [4.78, 5) is 4.12. The zero-order valence-electron chi connectivity index (χ0n) is 11.1. The minimum atomic E-state index is 0.588. The van der Waals surface area contributed by atoms with Gasteiger partial charge in [-0.05, 0) is 24.0 Å². The lowest BCUT2D eigenvalue weighted by atomic mass is 9.97. The Balaban J connectivity index is 2.21. The van der Waals surface area contributed by atoms with E-state index in [-0.39, 0.29) is 0 Å². The fourth-order valence-corrected chi connectivity index (χ4v) is 2.05. The SMILES string of the molecule is CC1C=C(/C=C/C(=NC=N)c2ccccc2)C=CC1. The number of hydrogen-bond acceptors (Lipinski definition) is 1. The van der Waals surface area contributed by atoms with E-state index in [1.54, 1.807) is 0 Å². The lowest BCUT2D eigenvalue weighted by Crippen LogP contribution is -1.98. The maximum absolute atomic E-state index is 7.16. The molecule has 0 aromatic heterocycles. The second-order valence-electron chi connectivity index (χ2n) is 4.62. The molecule has 0 heterocycles. The summed E-state index contributed by atoms with van der Waals surface area (Å²) in [6.45, 7) is 2.21. The summed E-state index contributed by atoms with van der Waals surface area (Å²) < 4.78 is 0. The quantitative estimate of drug-likeness (QED) is 0.615. The fourth-order valence-electron chi connectivity index (χ4n) is 2.05. The Morgan fingerprint density at radius 3 is 2.79 bits per heavy atom. The molecule has 0 saturated carbocycles. The molecule has 0 saturated heterocycles. The fraction of sp³-hybridized carbons (Fsp3) is 0.176. The minimum Gasteiger partial charge on any atom is -0.290 e. The molecule has 2 heteroatoms. The normalized spacial score (nSPS) is 19.5. The van der Waals surface area contributed by atoms with Crippen LogP contribution in [-0.4, -0.2) is 12.1 Å². The average molecular weight is 250 g/mol. The van der Waals surface area contributed by atoms with Crippen LogP contribution < -0.4 is 0 Å². The van der Waals surface area contributed by atoms with E-state index in [0.29, 0.717) is 5.92 Å². The maximum atomic E-state index is 7.16. The summed E-state index contributed by atoms with van der Waals surface area (Å²) in [5.74, 6) is 0.588. The summed E-state index contributed by atoms with van der Waals surface area (Å²) in [7, 11) is 0. The van der Waals surface area contributed by atoms with E-state index < -0.39 is 0 Å². The Labute approximate surface area is 114 Å². The molecule has 0 radical (unpaired) electrons. The Bertz CT molecular complexity index is 548. The summed E-state index contributed by atoms with van der Waals surface area (Å²) in [6, 6.07) is 9.93. The molecule has 1 aromatic carbocycles. The third-order valence-electron chi connectivity index (χ3n) is 3.00. The molecule has 0 aliphatic heterocycles. The lowest BCUT2D eigenvalue weighted by Gasteiger charge is -2.09. The number of hydrogen-bond donors (Lipinski definition) is 1. The van der Waals surface area contributed by atoms with E-state index in [0.717, 1.165) is 24.0 Å². The van der Waals surface area contributed by atoms with Gasteiger partial charge in [0.25, 0.3) is 0 Å². The standard InChI is InChI=1S/C17H18N2/c1-14-6-5-7-15(12-14)10-11-17(19-13-18)16-8-3-2-4-9-16/h2-5,7-14,18H,6H2,1H3/b11-10+,18-13?,19-17?. The predicted molar refractivity (Wildman–Crippen MR) is 81.9 cm³/mol. The van der Waals surface area contributed by atoms with Gasteiger partial charge in [-0.25, -0.2) is 4.99 Å². The third-order valence-corrected chi connectivity index (χ3v) is 3.00. The van der Waals surface area contributed by atoms with E-state index in [4.69, 9.17) is 5.41 Å². The van der Waals surface area contributed by atoms with Crippen molar-refractivity contribution in [2.45, 2.75) is 13.3 Å². The molecular formula is C17H18N2. The molecule has 19 heavy (non-hydrogen) atoms. The number of rotatable bonds is 4. The van der Waals surface area contributed by atoms with Gasteiger partial charge in [-0.15, -0.1) is 0 Å². The van der Waals surface area contributed by atoms with Gasteiger partial charge in [-0.3, -0.25) is 5.41 Å². The summed E-state index contributed by atoms with van der Waals surface area (Å²) in [5, 5.41) is 7.16. The zero-order valence-corrected chi connectivity index (χ0v) is 11.1. The highest BCUT2D eigenvalue weighted by Gasteiger charge is 2.02. The van der Waals surface area contributed by atoms with Gasteiger partial charge in [-0.1, -0.05) is 61.6 Å². The molecule has 2 nitrogen and oxygen atoms in total. The first kappa shape index (κ1) is 13.2. The highest BCUT2D eigenvalue weighted by molar-refractivity contribution is 6.11. The molecule has 0 fully saturated rings. The number of aliphatic imine (C=N–C) groups is 1. The average Bonchev–Trinajstić information content (AvgIpc) is 2.44. The van der Waals surface area contributed by atoms with Crippen molar-refractivity contribution < 1.29 is 0 Å². The van der Waals surface area contributed by atoms with Crippen LogP contribution in [0.15, 0.2) is 71.3 Å². The van der Waals surface area contributed by atoms with Crippen molar-refractivity contribution in [2.75, 3.05) is 0 Å². The van der Waals surface area contributed by atoms with Crippen LogP contribution in [0.4, 0.5) is 0 Å². The molecule has 1 atom stereocenters. The number of nitrogens with zero attached hydrogens (tertiary/aromatic N) is 1. The molecule has 1 unspecified atom stereocenters. The van der Waals surface area contributed by atoms with Gasteiger partial charge in [0.05, 0.1) is 5.71 Å². The number of benzene rings is 1. The van der Waals surface area contributed by atoms with Crippen LogP contribution in [0.5, 0.6) is 0 Å². The number of allylic oxidation sites excluding steroid dienone is 6. The maximum Gasteiger partial charge on any atom is 0.107 e. The molecule has 0 amide bonds. The Kier molecular flexibility index (Phi) is 4.62. The molecule has 1 aromatic rings. The van der Waals surface area contributed by atoms with Crippen molar-refractivity contribution in [3.63, 3.8) is 0 Å². The first-order valence-corrected chi connectivity index (χ1v) is 6.48. The third kappa shape index (κ3) is 3.88. The van der Waals surface area contributed by atoms with E-state index in [2.05, 4.69) is 36.2 Å². The molecule has 1 N–H and O–H groups in total. The van der Waals surface area contributed by atoms with Crippen LogP contribution in [0.25, 0.3) is 0 Å². The van der Waals surface area contributed by atoms with Gasteiger partial charge in [0.1, 0.15) is 6.34 Å². The van der Waals surface area contributed by atoms with Crippen molar-refractivity contribution in [1.82, 2.24) is 0 Å². The summed E-state index contributed by atoms with van der Waals surface area (Å²) in [5.41, 5.74) is 3.03. The summed E-state index contributed by atoms with van der Waals surface area (Å²) in [6.07, 6.45) is 12.8. The van der Waals surface area contributed by atoms with Crippen molar-refractivity contribution >= 4 is 12.1 Å². The molecule has 1 aliphatic rings. The smallest absolute Gasteiger partial charge is 0.107 e. The minimum absolute atomic E-state index is 0.588. The second-order valence-corrected chi connectivity index (χ2v) is 4.62. The largest absolute Gasteiger partial charge is 0.290 e. The Morgan fingerprint density at radius 2 is 2.11 bits per heavy atom. The van der Waals surface area contributed by atoms with Gasteiger partial charge in [0, 0.05) is 5.56 Å². The number of nitrogens with one attached hydrogen (secondary N) is 1. The monoisotopic (exact) mass is 250 g/mol. The molecule has 0 spiro atoms. The first-order chi connectivity index (χ1) is 9.29. The Hall–Kier alpha value is -2.22. The van der Waals surface area contributed by atoms with Crippen LogP contribution in [0.2, 0.25) is 0 Å². The van der Waals surface area contributed by atoms with E-state index >= 15 is 0 Å². The van der Waals surface area contributed by atoms with E-state index in [1.165, 1.54) is 5.57 Å². The predicted octanol–water partition coefficient (Wildman–Crippen LogP) is 4.16. The van der Waals surface area contributed by atoms with E-state index in [9.17, 15) is 0 Å². The van der Waals surface area contributed by atoms with Crippen molar-refractivity contribution in [3.8, 4) is 0 Å². The molecular weight excluding hydrogens is 232 g/mol. The van der Waals surface area contributed by atoms with Gasteiger partial charge >= 0.3 is 0 Å². The highest BCUT2D eigenvalue weighted by atomic mass is 14.8. The molecule has 2 rings (SSSR count). The van der Waals surface area contributed by atoms with Crippen molar-refractivity contribution in [3.05, 3.63) is 71.8 Å². The lowest BCUT2D eigenvalue weighted by molar-refractivity contribution is 0.732. The highest BCUT2D eigenvalue weighted by Crippen LogP contribution is 2.17. The molecule has 0 bridgehead atoms.